The molecule has 0 N–H and O–H groups in total. The molecule has 20 heavy (non-hydrogen) atoms. The number of hydrogen-bond acceptors (Lipinski definition) is 5. The number of anilines is 1. The van der Waals surface area contributed by atoms with Gasteiger partial charge in [-0.2, -0.15) is 0 Å². The molecule has 1 rings (SSSR count). The summed E-state index contributed by atoms with van der Waals surface area (Å²) in [5.41, 5.74) is 0.109. The predicted octanol–water partition coefficient (Wildman–Crippen LogP) is 3.03. The van der Waals surface area contributed by atoms with Gasteiger partial charge in [-0.25, -0.2) is 0 Å². The fourth-order valence-corrected chi connectivity index (χ4v) is 2.05. The molecule has 0 radical (unpaired) electrons. The van der Waals surface area contributed by atoms with Gasteiger partial charge in [-0.1, -0.05) is 17.7 Å². The Morgan fingerprint density at radius 2 is 2.15 bits per heavy atom. The van der Waals surface area contributed by atoms with Gasteiger partial charge < -0.3 is 9.64 Å². The molecule has 0 aliphatic heterocycles. The first-order valence-electron chi connectivity index (χ1n) is 6.23. The Bertz CT molecular complexity index is 505. The number of carbonyl (C=O) groups is 1. The maximum Gasteiger partial charge on any atom is 0.325 e. The highest BCUT2D eigenvalue weighted by Crippen LogP contribution is 2.35. The number of benzene rings is 1. The van der Waals surface area contributed by atoms with E-state index in [1.807, 2.05) is 13.8 Å². The molecule has 0 aliphatic rings. The van der Waals surface area contributed by atoms with E-state index in [2.05, 4.69) is 0 Å². The van der Waals surface area contributed by atoms with Crippen molar-refractivity contribution in [2.75, 3.05) is 18.1 Å². The minimum Gasteiger partial charge on any atom is -0.465 e. The van der Waals surface area contributed by atoms with Crippen molar-refractivity contribution in [1.82, 2.24) is 0 Å². The quantitative estimate of drug-likeness (QED) is 0.459. The summed E-state index contributed by atoms with van der Waals surface area (Å²) in [6.07, 6.45) is 0. The molecule has 1 aromatic carbocycles. The minimum absolute atomic E-state index is 0.0435. The first-order valence-corrected chi connectivity index (χ1v) is 6.61. The van der Waals surface area contributed by atoms with Crippen LogP contribution in [0.2, 0.25) is 5.02 Å². The summed E-state index contributed by atoms with van der Waals surface area (Å²) in [5, 5.41) is 11.2. The highest BCUT2D eigenvalue weighted by atomic mass is 35.5. The molecule has 0 saturated carbocycles. The van der Waals surface area contributed by atoms with Crippen LogP contribution in [-0.2, 0) is 9.53 Å². The van der Waals surface area contributed by atoms with Crippen LogP contribution in [0.15, 0.2) is 18.2 Å². The number of ether oxygens (including phenoxy) is 1. The molecule has 0 amide bonds. The van der Waals surface area contributed by atoms with Gasteiger partial charge in [0.1, 0.15) is 17.3 Å². The smallest absolute Gasteiger partial charge is 0.325 e. The van der Waals surface area contributed by atoms with Gasteiger partial charge in [0.25, 0.3) is 0 Å². The molecule has 7 heteroatoms. The van der Waals surface area contributed by atoms with E-state index in [4.69, 9.17) is 16.3 Å². The molecule has 0 aliphatic carbocycles. The van der Waals surface area contributed by atoms with Crippen LogP contribution < -0.4 is 4.90 Å². The van der Waals surface area contributed by atoms with Crippen LogP contribution in [0.1, 0.15) is 20.8 Å². The maximum absolute atomic E-state index is 11.6. The lowest BCUT2D eigenvalue weighted by Crippen LogP contribution is -2.37. The maximum atomic E-state index is 11.6. The lowest BCUT2D eigenvalue weighted by atomic mass is 10.2. The predicted molar refractivity (Wildman–Crippen MR) is 77.2 cm³/mol. The Labute approximate surface area is 122 Å². The molecule has 0 atom stereocenters. The summed E-state index contributed by atoms with van der Waals surface area (Å²) in [4.78, 5) is 23.8. The third kappa shape index (κ3) is 3.84. The van der Waals surface area contributed by atoms with Crippen LogP contribution >= 0.6 is 11.6 Å². The van der Waals surface area contributed by atoms with Gasteiger partial charge in [0.2, 0.25) is 0 Å². The second-order valence-electron chi connectivity index (χ2n) is 4.39. The molecular formula is C13H17ClN2O4. The monoisotopic (exact) mass is 300 g/mol. The van der Waals surface area contributed by atoms with Crippen molar-refractivity contribution in [1.29, 1.82) is 0 Å². The van der Waals surface area contributed by atoms with Gasteiger partial charge in [-0.05, 0) is 32.9 Å². The van der Waals surface area contributed by atoms with Gasteiger partial charge in [-0.15, -0.1) is 0 Å². The molecule has 110 valence electrons. The number of carbonyl (C=O) groups excluding carboxylic acids is 1. The van der Waals surface area contributed by atoms with Gasteiger partial charge in [0.05, 0.1) is 11.5 Å². The molecule has 0 heterocycles. The number of esters is 1. The standard InChI is InChI=1S/C13H17ClN2O4/c1-4-20-12(17)8-15(9(2)3)11-7-5-6-10(14)13(11)16(18)19/h5-7,9H,4,8H2,1-3H3. The third-order valence-electron chi connectivity index (χ3n) is 2.69. The van der Waals surface area contributed by atoms with E-state index in [0.29, 0.717) is 5.69 Å². The fourth-order valence-electron chi connectivity index (χ4n) is 1.81. The Balaban J connectivity index is 3.19. The van der Waals surface area contributed by atoms with Crippen LogP contribution in [-0.4, -0.2) is 30.1 Å². The zero-order valence-electron chi connectivity index (χ0n) is 11.6. The topological polar surface area (TPSA) is 72.7 Å². The van der Waals surface area contributed by atoms with Crippen molar-refractivity contribution < 1.29 is 14.5 Å². The van der Waals surface area contributed by atoms with Gasteiger partial charge in [-0.3, -0.25) is 14.9 Å². The Morgan fingerprint density at radius 3 is 2.65 bits per heavy atom. The van der Waals surface area contributed by atoms with E-state index < -0.39 is 10.9 Å². The zero-order chi connectivity index (χ0) is 15.3. The first kappa shape index (κ1) is 16.2. The lowest BCUT2D eigenvalue weighted by molar-refractivity contribution is -0.384. The van der Waals surface area contributed by atoms with E-state index >= 15 is 0 Å². The van der Waals surface area contributed by atoms with E-state index in [1.165, 1.54) is 6.07 Å². The van der Waals surface area contributed by atoms with Crippen molar-refractivity contribution in [3.05, 3.63) is 33.3 Å². The van der Waals surface area contributed by atoms with Crippen molar-refractivity contribution in [2.24, 2.45) is 0 Å². The molecule has 0 unspecified atom stereocenters. The van der Waals surface area contributed by atoms with E-state index in [9.17, 15) is 14.9 Å². The summed E-state index contributed by atoms with van der Waals surface area (Å²) >= 11 is 5.89. The molecule has 0 bridgehead atoms. The van der Waals surface area contributed by atoms with Gasteiger partial charge in [0, 0.05) is 6.04 Å². The summed E-state index contributed by atoms with van der Waals surface area (Å²) in [7, 11) is 0. The van der Waals surface area contributed by atoms with Crippen LogP contribution in [0.4, 0.5) is 11.4 Å². The van der Waals surface area contributed by atoms with Crippen LogP contribution in [0.25, 0.3) is 0 Å². The SMILES string of the molecule is CCOC(=O)CN(c1cccc(Cl)c1[N+](=O)[O-])C(C)C. The van der Waals surface area contributed by atoms with Gasteiger partial charge >= 0.3 is 11.7 Å². The second kappa shape index (κ2) is 7.09. The number of nitro benzene ring substituents is 1. The zero-order valence-corrected chi connectivity index (χ0v) is 12.4. The normalized spacial score (nSPS) is 10.4. The summed E-state index contributed by atoms with van der Waals surface area (Å²) in [6, 6.07) is 4.53. The van der Waals surface area contributed by atoms with Crippen molar-refractivity contribution in [3.63, 3.8) is 0 Å². The van der Waals surface area contributed by atoms with Crippen LogP contribution in [0.3, 0.4) is 0 Å². The van der Waals surface area contributed by atoms with Crippen molar-refractivity contribution in [3.8, 4) is 0 Å². The Morgan fingerprint density at radius 1 is 1.50 bits per heavy atom. The number of para-hydroxylation sites is 1. The molecule has 0 spiro atoms. The number of hydrogen-bond donors (Lipinski definition) is 0. The summed E-state index contributed by atoms with van der Waals surface area (Å²) < 4.78 is 4.89. The third-order valence-corrected chi connectivity index (χ3v) is 2.99. The highest BCUT2D eigenvalue weighted by molar-refractivity contribution is 6.33. The van der Waals surface area contributed by atoms with Crippen molar-refractivity contribution in [2.45, 2.75) is 26.8 Å². The Hall–Kier alpha value is -1.82. The average molecular weight is 301 g/mol. The van der Waals surface area contributed by atoms with Crippen LogP contribution in [0.5, 0.6) is 0 Å². The number of halogens is 1. The van der Waals surface area contributed by atoms with E-state index in [-0.39, 0.29) is 29.9 Å². The summed E-state index contributed by atoms with van der Waals surface area (Å²) in [6.45, 7) is 5.59. The molecule has 0 fully saturated rings. The summed E-state index contributed by atoms with van der Waals surface area (Å²) in [5.74, 6) is -0.435. The molecule has 0 aromatic heterocycles. The van der Waals surface area contributed by atoms with E-state index in [0.717, 1.165) is 0 Å². The van der Waals surface area contributed by atoms with Gasteiger partial charge in [0.15, 0.2) is 0 Å². The fraction of sp³-hybridized carbons (Fsp3) is 0.462. The molecule has 6 nitrogen and oxygen atoms in total. The second-order valence-corrected chi connectivity index (χ2v) is 4.80. The first-order chi connectivity index (χ1) is 9.38. The number of rotatable bonds is 6. The molecule has 1 aromatic rings. The van der Waals surface area contributed by atoms with Crippen molar-refractivity contribution >= 4 is 28.9 Å². The van der Waals surface area contributed by atoms with Crippen LogP contribution in [0, 0.1) is 10.1 Å². The van der Waals surface area contributed by atoms with E-state index in [1.54, 1.807) is 24.0 Å². The lowest BCUT2D eigenvalue weighted by Gasteiger charge is -2.27. The average Bonchev–Trinajstić information content (AvgIpc) is 2.35. The minimum atomic E-state index is -0.543. The number of nitro groups is 1. The largest absolute Gasteiger partial charge is 0.465 e. The Kier molecular flexibility index (Phi) is 5.76. The molecular weight excluding hydrogens is 284 g/mol. The molecule has 0 saturated heterocycles. The highest BCUT2D eigenvalue weighted by Gasteiger charge is 2.26. The number of nitrogens with zero attached hydrogens (tertiary/aromatic N) is 2.